The summed E-state index contributed by atoms with van der Waals surface area (Å²) in [6.07, 6.45) is 7.27. The van der Waals surface area contributed by atoms with Gasteiger partial charge in [-0.25, -0.2) is 4.79 Å². The standard InChI is InChI=1S/C13H20O3/c1-4-5-6-7-8-12(3)16-10-9-11(2)13(14)15/h4,8H,1-2,5-7,9-10H2,3H3,(H,14,15). The van der Waals surface area contributed by atoms with Gasteiger partial charge in [-0.15, -0.1) is 6.58 Å². The molecule has 0 aliphatic heterocycles. The van der Waals surface area contributed by atoms with E-state index in [9.17, 15) is 4.79 Å². The van der Waals surface area contributed by atoms with Gasteiger partial charge in [-0.3, -0.25) is 0 Å². The largest absolute Gasteiger partial charge is 0.498 e. The minimum atomic E-state index is -0.962. The average Bonchev–Trinajstić information content (AvgIpc) is 2.24. The van der Waals surface area contributed by atoms with Gasteiger partial charge in [0.05, 0.1) is 12.4 Å². The molecule has 0 amide bonds. The molecular formula is C13H20O3. The zero-order chi connectivity index (χ0) is 12.4. The molecule has 0 aromatic rings. The molecule has 0 aliphatic rings. The molecule has 0 unspecified atom stereocenters. The number of hydrogen-bond acceptors (Lipinski definition) is 2. The molecule has 0 rings (SSSR count). The molecule has 0 bridgehead atoms. The van der Waals surface area contributed by atoms with Gasteiger partial charge in [0.25, 0.3) is 0 Å². The van der Waals surface area contributed by atoms with Crippen LogP contribution >= 0.6 is 0 Å². The molecule has 0 heterocycles. The fourth-order valence-electron chi connectivity index (χ4n) is 1.07. The van der Waals surface area contributed by atoms with E-state index in [2.05, 4.69) is 13.2 Å². The maximum atomic E-state index is 10.4. The Morgan fingerprint density at radius 1 is 1.44 bits per heavy atom. The number of allylic oxidation sites excluding steroid dienone is 3. The Morgan fingerprint density at radius 2 is 2.12 bits per heavy atom. The Kier molecular flexibility index (Phi) is 7.94. The summed E-state index contributed by atoms with van der Waals surface area (Å²) in [7, 11) is 0. The van der Waals surface area contributed by atoms with E-state index in [1.807, 2.05) is 19.1 Å². The molecule has 0 spiro atoms. The Labute approximate surface area is 97.1 Å². The summed E-state index contributed by atoms with van der Waals surface area (Å²) in [5.74, 6) is -0.126. The van der Waals surface area contributed by atoms with E-state index < -0.39 is 5.97 Å². The first-order chi connectivity index (χ1) is 7.57. The zero-order valence-electron chi connectivity index (χ0n) is 9.87. The molecule has 16 heavy (non-hydrogen) atoms. The van der Waals surface area contributed by atoms with E-state index in [0.717, 1.165) is 25.0 Å². The van der Waals surface area contributed by atoms with Gasteiger partial charge < -0.3 is 9.84 Å². The Hall–Kier alpha value is -1.51. The predicted octanol–water partition coefficient (Wildman–Crippen LogP) is 3.29. The number of carboxylic acid groups (broad SMARTS) is 1. The lowest BCUT2D eigenvalue weighted by Crippen LogP contribution is -2.02. The summed E-state index contributed by atoms with van der Waals surface area (Å²) in [4.78, 5) is 10.4. The first-order valence-electron chi connectivity index (χ1n) is 5.39. The van der Waals surface area contributed by atoms with Crippen LogP contribution in [0.4, 0.5) is 0 Å². The minimum absolute atomic E-state index is 0.180. The first kappa shape index (κ1) is 14.5. The first-order valence-corrected chi connectivity index (χ1v) is 5.39. The third-order valence-electron chi connectivity index (χ3n) is 2.08. The van der Waals surface area contributed by atoms with Crippen LogP contribution in [0.1, 0.15) is 32.6 Å². The maximum Gasteiger partial charge on any atom is 0.331 e. The van der Waals surface area contributed by atoms with Crippen LogP contribution in [0.15, 0.2) is 36.6 Å². The Bertz CT molecular complexity index is 277. The molecule has 1 N–H and O–H groups in total. The summed E-state index contributed by atoms with van der Waals surface area (Å²) in [5, 5.41) is 8.57. The highest BCUT2D eigenvalue weighted by Gasteiger charge is 2.03. The molecule has 3 heteroatoms. The van der Waals surface area contributed by atoms with Gasteiger partial charge in [-0.2, -0.15) is 0 Å². The van der Waals surface area contributed by atoms with Crippen molar-refractivity contribution in [1.82, 2.24) is 0 Å². The van der Waals surface area contributed by atoms with E-state index in [4.69, 9.17) is 9.84 Å². The maximum absolute atomic E-state index is 10.4. The molecule has 0 radical (unpaired) electrons. The second-order valence-electron chi connectivity index (χ2n) is 3.54. The fraction of sp³-hybridized carbons (Fsp3) is 0.462. The lowest BCUT2D eigenvalue weighted by molar-refractivity contribution is -0.132. The number of carboxylic acids is 1. The molecule has 90 valence electrons. The quantitative estimate of drug-likeness (QED) is 0.283. The second kappa shape index (κ2) is 8.77. The van der Waals surface area contributed by atoms with Crippen molar-refractivity contribution in [3.8, 4) is 0 Å². The topological polar surface area (TPSA) is 46.5 Å². The van der Waals surface area contributed by atoms with Crippen molar-refractivity contribution in [2.24, 2.45) is 0 Å². The van der Waals surface area contributed by atoms with Crippen LogP contribution in [0.5, 0.6) is 0 Å². The van der Waals surface area contributed by atoms with Crippen molar-refractivity contribution in [1.29, 1.82) is 0 Å². The minimum Gasteiger partial charge on any atom is -0.498 e. The van der Waals surface area contributed by atoms with Crippen molar-refractivity contribution in [2.45, 2.75) is 32.6 Å². The van der Waals surface area contributed by atoms with Crippen LogP contribution in [0.2, 0.25) is 0 Å². The molecule has 0 fully saturated rings. The highest BCUT2D eigenvalue weighted by atomic mass is 16.5. The van der Waals surface area contributed by atoms with Crippen molar-refractivity contribution in [3.63, 3.8) is 0 Å². The van der Waals surface area contributed by atoms with Gasteiger partial charge in [0.2, 0.25) is 0 Å². The summed E-state index contributed by atoms with van der Waals surface area (Å²) in [6.45, 7) is 9.32. The molecule has 0 saturated heterocycles. The number of rotatable bonds is 9. The summed E-state index contributed by atoms with van der Waals surface area (Å²) < 4.78 is 5.35. The lowest BCUT2D eigenvalue weighted by Gasteiger charge is -2.06. The monoisotopic (exact) mass is 224 g/mol. The smallest absolute Gasteiger partial charge is 0.331 e. The molecule has 0 atom stereocenters. The molecular weight excluding hydrogens is 204 g/mol. The van der Waals surface area contributed by atoms with E-state index in [-0.39, 0.29) is 5.57 Å². The molecule has 0 saturated carbocycles. The van der Waals surface area contributed by atoms with Crippen molar-refractivity contribution < 1.29 is 14.6 Å². The third kappa shape index (κ3) is 7.85. The van der Waals surface area contributed by atoms with Crippen LogP contribution in [0, 0.1) is 0 Å². The van der Waals surface area contributed by atoms with Crippen LogP contribution < -0.4 is 0 Å². The zero-order valence-corrected chi connectivity index (χ0v) is 9.87. The number of hydrogen-bond donors (Lipinski definition) is 1. The van der Waals surface area contributed by atoms with Crippen LogP contribution in [0.3, 0.4) is 0 Å². The van der Waals surface area contributed by atoms with E-state index in [0.29, 0.717) is 13.0 Å². The number of ether oxygens (including phenoxy) is 1. The SMILES string of the molecule is C=CCCCC=C(C)OCCC(=C)C(=O)O. The van der Waals surface area contributed by atoms with Crippen LogP contribution in [-0.4, -0.2) is 17.7 Å². The van der Waals surface area contributed by atoms with Crippen molar-refractivity contribution >= 4 is 5.97 Å². The predicted molar refractivity (Wildman–Crippen MR) is 65.1 cm³/mol. The molecule has 0 aromatic heterocycles. The third-order valence-corrected chi connectivity index (χ3v) is 2.08. The van der Waals surface area contributed by atoms with Crippen molar-refractivity contribution in [2.75, 3.05) is 6.61 Å². The van der Waals surface area contributed by atoms with E-state index in [1.54, 1.807) is 0 Å². The van der Waals surface area contributed by atoms with Gasteiger partial charge >= 0.3 is 5.97 Å². The normalized spacial score (nSPS) is 10.9. The van der Waals surface area contributed by atoms with Gasteiger partial charge in [-0.1, -0.05) is 12.7 Å². The summed E-state index contributed by atoms with van der Waals surface area (Å²) in [5.41, 5.74) is 0.180. The lowest BCUT2D eigenvalue weighted by atomic mass is 10.2. The van der Waals surface area contributed by atoms with Crippen LogP contribution in [-0.2, 0) is 9.53 Å². The average molecular weight is 224 g/mol. The van der Waals surface area contributed by atoms with Crippen molar-refractivity contribution in [3.05, 3.63) is 36.6 Å². The molecule has 0 aromatic carbocycles. The van der Waals surface area contributed by atoms with Crippen LogP contribution in [0.25, 0.3) is 0 Å². The highest BCUT2D eigenvalue weighted by Crippen LogP contribution is 2.05. The second-order valence-corrected chi connectivity index (χ2v) is 3.54. The summed E-state index contributed by atoms with van der Waals surface area (Å²) in [6, 6.07) is 0. The molecule has 0 aliphatic carbocycles. The number of carbonyl (C=O) groups is 1. The number of aliphatic carboxylic acids is 1. The highest BCUT2D eigenvalue weighted by molar-refractivity contribution is 5.85. The Balaban J connectivity index is 3.63. The summed E-state index contributed by atoms with van der Waals surface area (Å²) >= 11 is 0. The Morgan fingerprint density at radius 3 is 2.69 bits per heavy atom. The van der Waals surface area contributed by atoms with Gasteiger partial charge in [-0.05, 0) is 32.3 Å². The fourth-order valence-corrected chi connectivity index (χ4v) is 1.07. The van der Waals surface area contributed by atoms with Gasteiger partial charge in [0.1, 0.15) is 0 Å². The number of unbranched alkanes of at least 4 members (excludes halogenated alkanes) is 2. The van der Waals surface area contributed by atoms with Gasteiger partial charge in [0.15, 0.2) is 0 Å². The molecule has 3 nitrogen and oxygen atoms in total. The van der Waals surface area contributed by atoms with E-state index >= 15 is 0 Å². The van der Waals surface area contributed by atoms with E-state index in [1.165, 1.54) is 0 Å². The van der Waals surface area contributed by atoms with Gasteiger partial charge in [0, 0.05) is 12.0 Å².